The fourth-order valence-corrected chi connectivity index (χ4v) is 2.92. The molecule has 14 heavy (non-hydrogen) atoms. The van der Waals surface area contributed by atoms with Gasteiger partial charge >= 0.3 is 0 Å². The molecule has 2 fully saturated rings. The van der Waals surface area contributed by atoms with Crippen LogP contribution in [0.5, 0.6) is 0 Å². The molecule has 0 radical (unpaired) electrons. The highest BCUT2D eigenvalue weighted by molar-refractivity contribution is 5.76. The molecular weight excluding hydrogens is 178 g/mol. The number of nitrogens with one attached hydrogen (secondary N) is 1. The zero-order chi connectivity index (χ0) is 10.3. The molecule has 1 saturated heterocycles. The van der Waals surface area contributed by atoms with Crippen LogP contribution in [-0.2, 0) is 4.79 Å². The van der Waals surface area contributed by atoms with Crippen LogP contribution in [0.2, 0.25) is 0 Å². The van der Waals surface area contributed by atoms with Crippen LogP contribution in [0.25, 0.3) is 0 Å². The van der Waals surface area contributed by atoms with Crippen LogP contribution in [0.1, 0.15) is 33.1 Å². The lowest BCUT2D eigenvalue weighted by Crippen LogP contribution is -2.42. The number of hydrogen-bond donors (Lipinski definition) is 2. The molecule has 2 aliphatic rings. The van der Waals surface area contributed by atoms with Crippen molar-refractivity contribution in [2.45, 2.75) is 39.2 Å². The van der Waals surface area contributed by atoms with Gasteiger partial charge in [-0.3, -0.25) is 4.79 Å². The highest BCUT2D eigenvalue weighted by atomic mass is 16.3. The van der Waals surface area contributed by atoms with Gasteiger partial charge < -0.3 is 10.4 Å². The van der Waals surface area contributed by atoms with Crippen molar-refractivity contribution in [1.82, 2.24) is 5.32 Å². The van der Waals surface area contributed by atoms with Gasteiger partial charge in [0.15, 0.2) is 0 Å². The van der Waals surface area contributed by atoms with Gasteiger partial charge in [-0.2, -0.15) is 0 Å². The summed E-state index contributed by atoms with van der Waals surface area (Å²) in [6, 6.07) is 0. The van der Waals surface area contributed by atoms with Crippen molar-refractivity contribution in [3.63, 3.8) is 0 Å². The van der Waals surface area contributed by atoms with E-state index in [2.05, 4.69) is 19.2 Å². The Hall–Kier alpha value is -0.570. The van der Waals surface area contributed by atoms with Crippen LogP contribution in [0.4, 0.5) is 0 Å². The molecule has 3 atom stereocenters. The molecule has 1 amide bonds. The Bertz CT molecular complexity index is 250. The van der Waals surface area contributed by atoms with Gasteiger partial charge in [-0.05, 0) is 30.1 Å². The number of fused-ring (bicyclic) bond motifs is 2. The van der Waals surface area contributed by atoms with E-state index in [0.29, 0.717) is 18.3 Å². The molecule has 0 spiro atoms. The second-order valence-electron chi connectivity index (χ2n) is 5.35. The Labute approximate surface area is 84.9 Å². The summed E-state index contributed by atoms with van der Waals surface area (Å²) >= 11 is 0. The van der Waals surface area contributed by atoms with E-state index in [0.717, 1.165) is 19.4 Å². The van der Waals surface area contributed by atoms with Gasteiger partial charge in [0.1, 0.15) is 0 Å². The zero-order valence-corrected chi connectivity index (χ0v) is 8.92. The van der Waals surface area contributed by atoms with Crippen LogP contribution in [0, 0.1) is 17.3 Å². The standard InChI is InChI=1S/C11H19NO2/c1-11(2)7-3-9(13)4-8(11)6-12-10(14)5-7/h7-9,13H,3-6H2,1-2H3,(H,12,14). The van der Waals surface area contributed by atoms with Gasteiger partial charge in [0.25, 0.3) is 0 Å². The average molecular weight is 197 g/mol. The monoisotopic (exact) mass is 197 g/mol. The van der Waals surface area contributed by atoms with E-state index in [1.165, 1.54) is 0 Å². The van der Waals surface area contributed by atoms with Crippen molar-refractivity contribution in [2.75, 3.05) is 6.54 Å². The predicted molar refractivity (Wildman–Crippen MR) is 53.6 cm³/mol. The summed E-state index contributed by atoms with van der Waals surface area (Å²) in [4.78, 5) is 11.4. The molecule has 0 aromatic heterocycles. The molecule has 0 aromatic carbocycles. The molecule has 1 aliphatic carbocycles. The van der Waals surface area contributed by atoms with Gasteiger partial charge in [-0.15, -0.1) is 0 Å². The Kier molecular flexibility index (Phi) is 2.30. The summed E-state index contributed by atoms with van der Waals surface area (Å²) in [6.45, 7) is 5.20. The molecule has 3 nitrogen and oxygen atoms in total. The minimum Gasteiger partial charge on any atom is -0.393 e. The van der Waals surface area contributed by atoms with Gasteiger partial charge in [0.05, 0.1) is 6.10 Å². The maximum absolute atomic E-state index is 11.4. The summed E-state index contributed by atoms with van der Waals surface area (Å²) in [6.07, 6.45) is 2.01. The fourth-order valence-electron chi connectivity index (χ4n) is 2.92. The van der Waals surface area contributed by atoms with Crippen LogP contribution in [0.3, 0.4) is 0 Å². The first-order valence-corrected chi connectivity index (χ1v) is 5.45. The topological polar surface area (TPSA) is 49.3 Å². The number of carbonyl (C=O) groups excluding carboxylic acids is 1. The van der Waals surface area contributed by atoms with E-state index in [1.807, 2.05) is 0 Å². The lowest BCUT2D eigenvalue weighted by atomic mass is 9.61. The average Bonchev–Trinajstić information content (AvgIpc) is 2.18. The minimum atomic E-state index is -0.203. The van der Waals surface area contributed by atoms with Crippen molar-refractivity contribution in [3.8, 4) is 0 Å². The maximum atomic E-state index is 11.4. The van der Waals surface area contributed by atoms with E-state index >= 15 is 0 Å². The van der Waals surface area contributed by atoms with Crippen LogP contribution in [0.15, 0.2) is 0 Å². The molecule has 0 aromatic rings. The van der Waals surface area contributed by atoms with E-state index in [-0.39, 0.29) is 17.4 Å². The molecule has 80 valence electrons. The van der Waals surface area contributed by atoms with Crippen molar-refractivity contribution >= 4 is 5.91 Å². The number of hydrogen-bond acceptors (Lipinski definition) is 2. The fraction of sp³-hybridized carbons (Fsp3) is 0.909. The SMILES string of the molecule is CC1(C)C2CNC(=O)CC1CC(O)C2. The highest BCUT2D eigenvalue weighted by Gasteiger charge is 2.45. The van der Waals surface area contributed by atoms with Crippen LogP contribution < -0.4 is 5.32 Å². The third-order valence-corrected chi connectivity index (χ3v) is 4.20. The Morgan fingerprint density at radius 2 is 2.00 bits per heavy atom. The number of amides is 1. The zero-order valence-electron chi connectivity index (χ0n) is 8.92. The Balaban J connectivity index is 2.25. The molecule has 1 saturated carbocycles. The summed E-state index contributed by atoms with van der Waals surface area (Å²) in [5.74, 6) is 0.932. The van der Waals surface area contributed by atoms with Gasteiger partial charge in [0, 0.05) is 13.0 Å². The molecule has 1 aliphatic heterocycles. The third kappa shape index (κ3) is 1.54. The Morgan fingerprint density at radius 3 is 2.71 bits per heavy atom. The maximum Gasteiger partial charge on any atom is 0.220 e. The third-order valence-electron chi connectivity index (χ3n) is 4.20. The summed E-state index contributed by atoms with van der Waals surface area (Å²) < 4.78 is 0. The van der Waals surface area contributed by atoms with Crippen LogP contribution >= 0.6 is 0 Å². The minimum absolute atomic E-state index is 0.152. The van der Waals surface area contributed by atoms with E-state index in [1.54, 1.807) is 0 Å². The second-order valence-corrected chi connectivity index (χ2v) is 5.35. The highest BCUT2D eigenvalue weighted by Crippen LogP contribution is 2.47. The lowest BCUT2D eigenvalue weighted by molar-refractivity contribution is -0.122. The summed E-state index contributed by atoms with van der Waals surface area (Å²) in [5, 5.41) is 12.7. The predicted octanol–water partition coefficient (Wildman–Crippen LogP) is 0.920. The first-order chi connectivity index (χ1) is 6.50. The van der Waals surface area contributed by atoms with Crippen molar-refractivity contribution in [3.05, 3.63) is 0 Å². The molecule has 3 heteroatoms. The van der Waals surface area contributed by atoms with Crippen molar-refractivity contribution in [1.29, 1.82) is 0 Å². The normalized spacial score (nSPS) is 41.4. The molecule has 2 N–H and O–H groups in total. The summed E-state index contributed by atoms with van der Waals surface area (Å²) in [7, 11) is 0. The number of carbonyl (C=O) groups is 1. The molecular formula is C11H19NO2. The lowest BCUT2D eigenvalue weighted by Gasteiger charge is -2.45. The molecule has 1 heterocycles. The number of rotatable bonds is 0. The van der Waals surface area contributed by atoms with E-state index in [9.17, 15) is 9.90 Å². The largest absolute Gasteiger partial charge is 0.393 e. The molecule has 3 unspecified atom stereocenters. The molecule has 2 rings (SSSR count). The Morgan fingerprint density at radius 1 is 1.36 bits per heavy atom. The number of aliphatic hydroxyl groups excluding tert-OH is 1. The van der Waals surface area contributed by atoms with Crippen LogP contribution in [-0.4, -0.2) is 23.7 Å². The first-order valence-electron chi connectivity index (χ1n) is 5.45. The van der Waals surface area contributed by atoms with E-state index in [4.69, 9.17) is 0 Å². The second kappa shape index (κ2) is 3.23. The van der Waals surface area contributed by atoms with Gasteiger partial charge in [0.2, 0.25) is 5.91 Å². The molecule has 2 bridgehead atoms. The number of aliphatic hydroxyl groups is 1. The summed E-state index contributed by atoms with van der Waals surface area (Å²) in [5.41, 5.74) is 0.193. The smallest absolute Gasteiger partial charge is 0.220 e. The van der Waals surface area contributed by atoms with Gasteiger partial charge in [-0.1, -0.05) is 13.8 Å². The first kappa shape index (κ1) is 9.97. The van der Waals surface area contributed by atoms with E-state index < -0.39 is 0 Å². The van der Waals surface area contributed by atoms with Crippen molar-refractivity contribution in [2.24, 2.45) is 17.3 Å². The van der Waals surface area contributed by atoms with Gasteiger partial charge in [-0.25, -0.2) is 0 Å². The van der Waals surface area contributed by atoms with Crippen molar-refractivity contribution < 1.29 is 9.90 Å². The quantitative estimate of drug-likeness (QED) is 0.606.